The minimum Gasteiger partial charge on any atom is -0.483 e. The molecule has 0 unspecified atom stereocenters. The first-order valence-electron chi connectivity index (χ1n) is 11.3. The summed E-state index contributed by atoms with van der Waals surface area (Å²) < 4.78 is 11.5. The van der Waals surface area contributed by atoms with Gasteiger partial charge in [-0.15, -0.1) is 0 Å². The number of hydrazine groups is 1. The molecule has 0 heterocycles. The predicted molar refractivity (Wildman–Crippen MR) is 144 cm³/mol. The first-order chi connectivity index (χ1) is 17.4. The van der Waals surface area contributed by atoms with Gasteiger partial charge in [0, 0.05) is 6.42 Å². The van der Waals surface area contributed by atoms with Crippen molar-refractivity contribution in [3.05, 3.63) is 76.8 Å². The van der Waals surface area contributed by atoms with E-state index in [1.165, 1.54) is 5.56 Å². The van der Waals surface area contributed by atoms with Gasteiger partial charge in [0.05, 0.1) is 17.5 Å². The Labute approximate surface area is 222 Å². The number of hydrogen-bond acceptors (Lipinski definition) is 6. The maximum Gasteiger partial charge on any atom is 0.306 e. The number of aryl methyl sites for hydroxylation is 1. The van der Waals surface area contributed by atoms with E-state index in [1.54, 1.807) is 6.07 Å². The van der Waals surface area contributed by atoms with Crippen molar-refractivity contribution in [1.82, 2.24) is 16.2 Å². The lowest BCUT2D eigenvalue weighted by molar-refractivity contribution is -0.145. The third-order valence-corrected chi connectivity index (χ3v) is 6.05. The molecule has 0 saturated carbocycles. The zero-order valence-electron chi connectivity index (χ0n) is 19.4. The molecular formula is C26H26BrN3O5S. The van der Waals surface area contributed by atoms with Crippen LogP contribution in [0.3, 0.4) is 0 Å². The summed E-state index contributed by atoms with van der Waals surface area (Å²) in [5, 5.41) is 4.30. The number of rotatable bonds is 10. The summed E-state index contributed by atoms with van der Waals surface area (Å²) in [7, 11) is 0. The van der Waals surface area contributed by atoms with Gasteiger partial charge in [-0.2, -0.15) is 0 Å². The van der Waals surface area contributed by atoms with Gasteiger partial charge in [-0.3, -0.25) is 25.2 Å². The van der Waals surface area contributed by atoms with Crippen LogP contribution in [0.5, 0.6) is 5.75 Å². The van der Waals surface area contributed by atoms with Crippen LogP contribution in [0.2, 0.25) is 0 Å². The van der Waals surface area contributed by atoms with Gasteiger partial charge in [0.25, 0.3) is 5.91 Å². The molecule has 10 heteroatoms. The summed E-state index contributed by atoms with van der Waals surface area (Å²) in [6, 6.07) is 21.4. The third-order valence-electron chi connectivity index (χ3n) is 5.03. The molecule has 2 amide bonds. The van der Waals surface area contributed by atoms with Gasteiger partial charge in [-0.1, -0.05) is 60.7 Å². The number of nitrogens with one attached hydrogen (secondary N) is 3. The Bertz CT molecular complexity index is 1220. The second-order valence-electron chi connectivity index (χ2n) is 7.75. The molecule has 0 fully saturated rings. The zero-order valence-corrected chi connectivity index (χ0v) is 21.8. The monoisotopic (exact) mass is 571 g/mol. The fraction of sp³-hybridized carbons (Fsp3) is 0.231. The summed E-state index contributed by atoms with van der Waals surface area (Å²) in [5.41, 5.74) is 5.96. The van der Waals surface area contributed by atoms with Crippen molar-refractivity contribution in [2.45, 2.75) is 25.7 Å². The summed E-state index contributed by atoms with van der Waals surface area (Å²) in [6.45, 7) is 0.0236. The Morgan fingerprint density at radius 1 is 0.861 bits per heavy atom. The number of amides is 2. The number of ether oxygens (including phenoxy) is 2. The molecule has 3 rings (SSSR count). The molecule has 0 spiro atoms. The van der Waals surface area contributed by atoms with Gasteiger partial charge < -0.3 is 14.8 Å². The minimum atomic E-state index is -0.495. The molecule has 3 N–H and O–H groups in total. The predicted octanol–water partition coefficient (Wildman–Crippen LogP) is 3.96. The molecular weight excluding hydrogens is 546 g/mol. The van der Waals surface area contributed by atoms with Crippen molar-refractivity contribution in [3.8, 4) is 5.75 Å². The smallest absolute Gasteiger partial charge is 0.306 e. The molecule has 0 aromatic heterocycles. The van der Waals surface area contributed by atoms with E-state index < -0.39 is 17.8 Å². The van der Waals surface area contributed by atoms with E-state index >= 15 is 0 Å². The quantitative estimate of drug-likeness (QED) is 0.146. The highest BCUT2D eigenvalue weighted by Gasteiger charge is 2.11. The van der Waals surface area contributed by atoms with E-state index in [4.69, 9.17) is 21.7 Å². The van der Waals surface area contributed by atoms with Crippen molar-refractivity contribution in [3.63, 3.8) is 0 Å². The molecule has 0 bridgehead atoms. The molecule has 36 heavy (non-hydrogen) atoms. The Morgan fingerprint density at radius 2 is 1.61 bits per heavy atom. The molecule has 3 aromatic rings. The number of hydrogen-bond donors (Lipinski definition) is 3. The van der Waals surface area contributed by atoms with Crippen LogP contribution >= 0.6 is 28.1 Å². The SMILES string of the molecule is O=C(COc1ccc2ccccc2c1Br)NNC(=S)NC(=O)CCC(=O)OCCCc1ccccc1. The molecule has 188 valence electrons. The molecule has 8 nitrogen and oxygen atoms in total. The largest absolute Gasteiger partial charge is 0.483 e. The maximum atomic E-state index is 12.1. The summed E-state index contributed by atoms with van der Waals surface area (Å²) in [5.74, 6) is -0.904. The van der Waals surface area contributed by atoms with Gasteiger partial charge in [0.1, 0.15) is 5.75 Å². The number of carbonyl (C=O) groups excluding carboxylic acids is 3. The topological polar surface area (TPSA) is 106 Å². The molecule has 0 atom stereocenters. The van der Waals surface area contributed by atoms with Crippen LogP contribution in [0.4, 0.5) is 0 Å². The van der Waals surface area contributed by atoms with Crippen molar-refractivity contribution in [1.29, 1.82) is 0 Å². The first-order valence-corrected chi connectivity index (χ1v) is 12.5. The Hall–Kier alpha value is -3.50. The highest BCUT2D eigenvalue weighted by atomic mass is 79.9. The number of esters is 1. The van der Waals surface area contributed by atoms with Crippen molar-refractivity contribution < 1.29 is 23.9 Å². The normalized spacial score (nSPS) is 10.4. The molecule has 0 aliphatic rings. The average molecular weight is 572 g/mol. The maximum absolute atomic E-state index is 12.1. The van der Waals surface area contributed by atoms with Crippen molar-refractivity contribution >= 4 is 61.8 Å². The fourth-order valence-corrected chi connectivity index (χ4v) is 4.02. The lowest BCUT2D eigenvalue weighted by Gasteiger charge is -2.12. The Morgan fingerprint density at radius 3 is 2.42 bits per heavy atom. The molecule has 3 aromatic carbocycles. The van der Waals surface area contributed by atoms with Gasteiger partial charge >= 0.3 is 5.97 Å². The van der Waals surface area contributed by atoms with E-state index in [-0.39, 0.29) is 24.6 Å². The third kappa shape index (κ3) is 8.94. The lowest BCUT2D eigenvalue weighted by Crippen LogP contribution is -2.49. The van der Waals surface area contributed by atoms with Gasteiger partial charge in [-0.05, 0) is 63.4 Å². The number of benzene rings is 3. The zero-order chi connectivity index (χ0) is 25.8. The van der Waals surface area contributed by atoms with Gasteiger partial charge in [-0.25, -0.2) is 0 Å². The van der Waals surface area contributed by atoms with E-state index in [2.05, 4.69) is 32.1 Å². The summed E-state index contributed by atoms with van der Waals surface area (Å²) in [6.07, 6.45) is 1.36. The number of fused-ring (bicyclic) bond motifs is 1. The van der Waals surface area contributed by atoms with E-state index in [0.717, 1.165) is 21.7 Å². The fourth-order valence-electron chi connectivity index (χ4n) is 3.25. The van der Waals surface area contributed by atoms with Crippen molar-refractivity contribution in [2.24, 2.45) is 0 Å². The van der Waals surface area contributed by atoms with Crippen LogP contribution in [0.25, 0.3) is 10.8 Å². The van der Waals surface area contributed by atoms with Crippen LogP contribution in [0.15, 0.2) is 71.2 Å². The second kappa shape index (κ2) is 14.2. The van der Waals surface area contributed by atoms with Crippen LogP contribution in [0.1, 0.15) is 24.8 Å². The lowest BCUT2D eigenvalue weighted by atomic mass is 10.1. The van der Waals surface area contributed by atoms with Crippen LogP contribution in [-0.4, -0.2) is 36.1 Å². The van der Waals surface area contributed by atoms with Crippen LogP contribution in [-0.2, 0) is 25.5 Å². The van der Waals surface area contributed by atoms with Crippen molar-refractivity contribution in [2.75, 3.05) is 13.2 Å². The highest BCUT2D eigenvalue weighted by molar-refractivity contribution is 9.10. The summed E-state index contributed by atoms with van der Waals surface area (Å²) in [4.78, 5) is 35.9. The van der Waals surface area contributed by atoms with Gasteiger partial charge in [0.2, 0.25) is 5.91 Å². The molecule has 0 saturated heterocycles. The van der Waals surface area contributed by atoms with E-state index in [1.807, 2.05) is 60.7 Å². The molecule has 0 radical (unpaired) electrons. The van der Waals surface area contributed by atoms with Crippen LogP contribution in [0, 0.1) is 0 Å². The molecule has 0 aliphatic carbocycles. The number of thiocarbonyl (C=S) groups is 1. The summed E-state index contributed by atoms with van der Waals surface area (Å²) >= 11 is 8.49. The minimum absolute atomic E-state index is 0.0688. The van der Waals surface area contributed by atoms with Crippen LogP contribution < -0.4 is 20.9 Å². The van der Waals surface area contributed by atoms with Gasteiger partial charge in [0.15, 0.2) is 11.7 Å². The second-order valence-corrected chi connectivity index (χ2v) is 8.95. The standard InChI is InChI=1S/C26H26BrN3O5S/c27-25-20-11-5-4-10-19(20)12-13-21(25)35-17-23(32)29-30-26(36)28-22(31)14-15-24(33)34-16-6-9-18-7-2-1-3-8-18/h1-5,7-8,10-13H,6,9,14-17H2,(H,29,32)(H2,28,30,31,36). The number of halogens is 1. The Kier molecular flexibility index (Phi) is 10.7. The highest BCUT2D eigenvalue weighted by Crippen LogP contribution is 2.32. The first kappa shape index (κ1) is 27.1. The Balaban J connectivity index is 1.27. The number of carbonyl (C=O) groups is 3. The molecule has 0 aliphatic heterocycles. The van der Waals surface area contributed by atoms with E-state index in [9.17, 15) is 14.4 Å². The average Bonchev–Trinajstić information content (AvgIpc) is 2.89. The van der Waals surface area contributed by atoms with E-state index in [0.29, 0.717) is 18.8 Å².